The number of ether oxygens (including phenoxy) is 2. The number of carbonyl (C=O) groups excluding carboxylic acids is 1. The minimum atomic E-state index is 0.442. The van der Waals surface area contributed by atoms with E-state index in [1.54, 1.807) is 6.07 Å². The second-order valence-electron chi connectivity index (χ2n) is 4.30. The summed E-state index contributed by atoms with van der Waals surface area (Å²) in [7, 11) is 0. The second-order valence-corrected chi connectivity index (χ2v) is 5.22. The van der Waals surface area contributed by atoms with Crippen LogP contribution < -0.4 is 4.74 Å². The third kappa shape index (κ3) is 3.07. The molecule has 0 aliphatic carbocycles. The number of hydrogen-bond acceptors (Lipinski definition) is 3. The largest absolute Gasteiger partial charge is 0.492 e. The van der Waals surface area contributed by atoms with Gasteiger partial charge in [0.1, 0.15) is 5.75 Å². The zero-order chi connectivity index (χ0) is 12.3. The van der Waals surface area contributed by atoms with Crippen LogP contribution in [0.2, 0.25) is 0 Å². The summed E-state index contributed by atoms with van der Waals surface area (Å²) < 4.78 is 12.0. The van der Waals surface area contributed by atoms with Gasteiger partial charge in [-0.15, -0.1) is 0 Å². The Bertz CT molecular complexity index is 411. The Balaban J connectivity index is 2.10. The first-order chi connectivity index (χ1) is 8.20. The number of aldehydes is 1. The fourth-order valence-electron chi connectivity index (χ4n) is 1.96. The lowest BCUT2D eigenvalue weighted by molar-refractivity contribution is 0.111. The first kappa shape index (κ1) is 12.6. The molecule has 0 amide bonds. The van der Waals surface area contributed by atoms with Crippen LogP contribution in [0.3, 0.4) is 0 Å². The summed E-state index contributed by atoms with van der Waals surface area (Å²) in [6.07, 6.45) is 1.87. The van der Waals surface area contributed by atoms with Crippen molar-refractivity contribution in [2.24, 2.45) is 5.92 Å². The molecule has 0 saturated carbocycles. The maximum atomic E-state index is 11.0. The average Bonchev–Trinajstić information content (AvgIpc) is 2.79. The maximum absolute atomic E-state index is 11.0. The summed E-state index contributed by atoms with van der Waals surface area (Å²) in [5, 5.41) is 0. The lowest BCUT2D eigenvalue weighted by Gasteiger charge is -2.14. The van der Waals surface area contributed by atoms with Gasteiger partial charge in [-0.05, 0) is 31.0 Å². The van der Waals surface area contributed by atoms with E-state index in [0.29, 0.717) is 23.8 Å². The molecule has 0 radical (unpaired) electrons. The molecule has 0 spiro atoms. The lowest BCUT2D eigenvalue weighted by atomic mass is 10.1. The smallest absolute Gasteiger partial charge is 0.153 e. The third-order valence-corrected chi connectivity index (χ3v) is 3.34. The number of carbonyl (C=O) groups is 1. The average molecular weight is 299 g/mol. The molecule has 1 fully saturated rings. The van der Waals surface area contributed by atoms with Gasteiger partial charge in [0.2, 0.25) is 0 Å². The summed E-state index contributed by atoms with van der Waals surface area (Å²) in [6.45, 7) is 4.13. The van der Waals surface area contributed by atoms with Crippen molar-refractivity contribution in [2.75, 3.05) is 19.8 Å². The van der Waals surface area contributed by atoms with Gasteiger partial charge in [0.05, 0.1) is 18.8 Å². The first-order valence-corrected chi connectivity index (χ1v) is 6.46. The van der Waals surface area contributed by atoms with E-state index in [-0.39, 0.29) is 0 Å². The van der Waals surface area contributed by atoms with Crippen molar-refractivity contribution in [3.8, 4) is 5.75 Å². The van der Waals surface area contributed by atoms with Crippen LogP contribution in [0.4, 0.5) is 0 Å². The standard InChI is InChI=1S/C13H15BrO3/c1-9-4-12(14)5-11(6-15)13(9)17-8-10-2-3-16-7-10/h4-6,10H,2-3,7-8H2,1H3. The Morgan fingerprint density at radius 1 is 1.59 bits per heavy atom. The van der Waals surface area contributed by atoms with E-state index in [4.69, 9.17) is 9.47 Å². The summed E-state index contributed by atoms with van der Waals surface area (Å²) in [4.78, 5) is 11.0. The molecule has 1 aliphatic heterocycles. The van der Waals surface area contributed by atoms with Gasteiger partial charge in [-0.1, -0.05) is 15.9 Å². The molecule has 1 atom stereocenters. The molecule has 1 aliphatic rings. The first-order valence-electron chi connectivity index (χ1n) is 5.66. The van der Waals surface area contributed by atoms with Gasteiger partial charge in [-0.25, -0.2) is 0 Å². The third-order valence-electron chi connectivity index (χ3n) is 2.88. The van der Waals surface area contributed by atoms with Crippen molar-refractivity contribution < 1.29 is 14.3 Å². The van der Waals surface area contributed by atoms with E-state index >= 15 is 0 Å². The Kier molecular flexibility index (Phi) is 4.18. The van der Waals surface area contributed by atoms with Gasteiger partial charge in [-0.2, -0.15) is 0 Å². The number of halogens is 1. The highest BCUT2D eigenvalue weighted by atomic mass is 79.9. The van der Waals surface area contributed by atoms with E-state index in [1.807, 2.05) is 13.0 Å². The SMILES string of the molecule is Cc1cc(Br)cc(C=O)c1OCC1CCOC1. The van der Waals surface area contributed by atoms with E-state index in [1.165, 1.54) is 0 Å². The predicted molar refractivity (Wildman–Crippen MR) is 68.7 cm³/mol. The highest BCUT2D eigenvalue weighted by molar-refractivity contribution is 9.10. The lowest BCUT2D eigenvalue weighted by Crippen LogP contribution is -2.13. The molecule has 0 N–H and O–H groups in total. The normalized spacial score (nSPS) is 19.3. The maximum Gasteiger partial charge on any atom is 0.153 e. The topological polar surface area (TPSA) is 35.5 Å². The van der Waals surface area contributed by atoms with Crippen molar-refractivity contribution in [1.29, 1.82) is 0 Å². The van der Waals surface area contributed by atoms with Crippen molar-refractivity contribution in [3.63, 3.8) is 0 Å². The van der Waals surface area contributed by atoms with Crippen molar-refractivity contribution in [3.05, 3.63) is 27.7 Å². The molecule has 1 heterocycles. The quantitative estimate of drug-likeness (QED) is 0.802. The molecular formula is C13H15BrO3. The Morgan fingerprint density at radius 2 is 2.41 bits per heavy atom. The van der Waals surface area contributed by atoms with Gasteiger partial charge in [0.15, 0.2) is 6.29 Å². The zero-order valence-corrected chi connectivity index (χ0v) is 11.3. The molecule has 0 bridgehead atoms. The molecule has 1 unspecified atom stereocenters. The molecule has 92 valence electrons. The summed E-state index contributed by atoms with van der Waals surface area (Å²) in [5.41, 5.74) is 1.57. The monoisotopic (exact) mass is 298 g/mol. The number of aryl methyl sites for hydroxylation is 1. The van der Waals surface area contributed by atoms with Crippen LogP contribution in [0, 0.1) is 12.8 Å². The molecule has 3 nitrogen and oxygen atoms in total. The minimum Gasteiger partial charge on any atom is -0.492 e. The summed E-state index contributed by atoms with van der Waals surface area (Å²) in [5.74, 6) is 1.13. The molecule has 1 aromatic rings. The molecule has 1 aromatic carbocycles. The van der Waals surface area contributed by atoms with Crippen LogP contribution in [0.25, 0.3) is 0 Å². The van der Waals surface area contributed by atoms with Crippen LogP contribution in [0.15, 0.2) is 16.6 Å². The molecule has 2 rings (SSSR count). The molecule has 1 saturated heterocycles. The van der Waals surface area contributed by atoms with Crippen LogP contribution in [-0.2, 0) is 4.74 Å². The van der Waals surface area contributed by atoms with Crippen LogP contribution >= 0.6 is 15.9 Å². The highest BCUT2D eigenvalue weighted by Crippen LogP contribution is 2.27. The van der Waals surface area contributed by atoms with Crippen molar-refractivity contribution >= 4 is 22.2 Å². The summed E-state index contributed by atoms with van der Waals surface area (Å²) >= 11 is 3.37. The van der Waals surface area contributed by atoms with Crippen molar-refractivity contribution in [1.82, 2.24) is 0 Å². The van der Waals surface area contributed by atoms with Crippen LogP contribution in [0.1, 0.15) is 22.3 Å². The fraction of sp³-hybridized carbons (Fsp3) is 0.462. The zero-order valence-electron chi connectivity index (χ0n) is 9.74. The fourth-order valence-corrected chi connectivity index (χ4v) is 2.55. The van der Waals surface area contributed by atoms with Crippen LogP contribution in [0.5, 0.6) is 5.75 Å². The Hall–Kier alpha value is -0.870. The van der Waals surface area contributed by atoms with E-state index in [0.717, 1.165) is 36.0 Å². The van der Waals surface area contributed by atoms with Crippen molar-refractivity contribution in [2.45, 2.75) is 13.3 Å². The highest BCUT2D eigenvalue weighted by Gasteiger charge is 2.17. The van der Waals surface area contributed by atoms with Gasteiger partial charge in [0.25, 0.3) is 0 Å². The molecule has 17 heavy (non-hydrogen) atoms. The van der Waals surface area contributed by atoms with Crippen LogP contribution in [-0.4, -0.2) is 26.1 Å². The molecule has 0 aromatic heterocycles. The number of rotatable bonds is 4. The molecule has 4 heteroatoms. The molecular weight excluding hydrogens is 284 g/mol. The van der Waals surface area contributed by atoms with E-state index < -0.39 is 0 Å². The number of hydrogen-bond donors (Lipinski definition) is 0. The van der Waals surface area contributed by atoms with E-state index in [9.17, 15) is 4.79 Å². The predicted octanol–water partition coefficient (Wildman–Crippen LogP) is 2.99. The number of benzene rings is 1. The summed E-state index contributed by atoms with van der Waals surface area (Å²) in [6, 6.07) is 3.73. The Labute approximate surface area is 109 Å². The van der Waals surface area contributed by atoms with Gasteiger partial charge < -0.3 is 9.47 Å². The minimum absolute atomic E-state index is 0.442. The van der Waals surface area contributed by atoms with Gasteiger partial charge in [0, 0.05) is 17.0 Å². The second kappa shape index (κ2) is 5.65. The van der Waals surface area contributed by atoms with Gasteiger partial charge in [-0.3, -0.25) is 4.79 Å². The Morgan fingerprint density at radius 3 is 3.06 bits per heavy atom. The van der Waals surface area contributed by atoms with E-state index in [2.05, 4.69) is 15.9 Å². The van der Waals surface area contributed by atoms with Gasteiger partial charge >= 0.3 is 0 Å².